The minimum Gasteiger partial charge on any atom is -0.483 e. The fraction of sp³-hybridized carbons (Fsp3) is 0.240. The number of aromatic nitrogens is 3. The summed E-state index contributed by atoms with van der Waals surface area (Å²) in [6, 6.07) is 10.7. The number of aliphatic hydroxyl groups excluding tert-OH is 1. The summed E-state index contributed by atoms with van der Waals surface area (Å²) < 4.78 is 9.44. The summed E-state index contributed by atoms with van der Waals surface area (Å²) in [5.74, 6) is 1.18. The molecule has 8 nitrogen and oxygen atoms in total. The van der Waals surface area contributed by atoms with Gasteiger partial charge in [0.2, 0.25) is 0 Å². The van der Waals surface area contributed by atoms with Crippen LogP contribution in [-0.2, 0) is 4.79 Å². The van der Waals surface area contributed by atoms with E-state index in [2.05, 4.69) is 45.9 Å². The molecule has 1 aliphatic rings. The van der Waals surface area contributed by atoms with E-state index < -0.39 is 0 Å². The van der Waals surface area contributed by atoms with Crippen molar-refractivity contribution in [2.75, 3.05) is 5.73 Å². The molecular formula is C25H24N4O4S. The number of nitrogens with zero attached hydrogens (tertiary/aromatic N) is 3. The molecule has 1 aliphatic carbocycles. The maximum absolute atomic E-state index is 9.79. The molecule has 6 rings (SSSR count). The van der Waals surface area contributed by atoms with E-state index in [0.717, 1.165) is 53.5 Å². The molecule has 0 unspecified atom stereocenters. The van der Waals surface area contributed by atoms with Gasteiger partial charge in [-0.3, -0.25) is 9.48 Å². The molecule has 0 atom stereocenters. The van der Waals surface area contributed by atoms with Gasteiger partial charge in [-0.1, -0.05) is 12.1 Å². The number of carbonyl (C=O) groups is 1. The van der Waals surface area contributed by atoms with Crippen LogP contribution < -0.4 is 5.73 Å². The maximum atomic E-state index is 9.79. The number of anilines is 1. The highest BCUT2D eigenvalue weighted by Gasteiger charge is 2.22. The molecule has 0 amide bonds. The summed E-state index contributed by atoms with van der Waals surface area (Å²) >= 11 is 1.70. The van der Waals surface area contributed by atoms with E-state index in [4.69, 9.17) is 20.1 Å². The molecule has 1 aromatic carbocycles. The number of benzene rings is 1. The molecule has 34 heavy (non-hydrogen) atoms. The van der Waals surface area contributed by atoms with Crippen LogP contribution in [-0.4, -0.2) is 37.6 Å². The van der Waals surface area contributed by atoms with Gasteiger partial charge in [-0.15, -0.1) is 11.3 Å². The second-order valence-corrected chi connectivity index (χ2v) is 9.25. The van der Waals surface area contributed by atoms with Crippen LogP contribution in [0.4, 0.5) is 5.82 Å². The van der Waals surface area contributed by atoms with Crippen LogP contribution in [0.25, 0.3) is 43.5 Å². The maximum Gasteiger partial charge on any atom is 0.290 e. The molecule has 0 spiro atoms. The zero-order chi connectivity index (χ0) is 23.7. The van der Waals surface area contributed by atoms with Crippen LogP contribution in [0.2, 0.25) is 0 Å². The van der Waals surface area contributed by atoms with Gasteiger partial charge in [0.05, 0.1) is 18.3 Å². The SMILES string of the molecule is Nc1ncc(-c2cnn(C3CCC(O)CC3)c2)c2cc(-c3cccc4ccsc34)oc12.O=CO. The Hall–Kier alpha value is -3.69. The average Bonchev–Trinajstić information content (AvgIpc) is 3.60. The van der Waals surface area contributed by atoms with Gasteiger partial charge in [0.15, 0.2) is 11.4 Å². The summed E-state index contributed by atoms with van der Waals surface area (Å²) in [6.07, 6.45) is 9.11. The highest BCUT2D eigenvalue weighted by Crippen LogP contribution is 2.40. The number of pyridine rings is 1. The molecule has 4 N–H and O–H groups in total. The number of nitrogens with two attached hydrogens (primary N) is 1. The number of furan rings is 1. The second kappa shape index (κ2) is 9.28. The van der Waals surface area contributed by atoms with Crippen LogP contribution >= 0.6 is 11.3 Å². The Morgan fingerprint density at radius 3 is 2.74 bits per heavy atom. The lowest BCUT2D eigenvalue weighted by Crippen LogP contribution is -2.21. The van der Waals surface area contributed by atoms with Crippen molar-refractivity contribution in [3.05, 3.63) is 54.3 Å². The molecule has 0 saturated heterocycles. The molecule has 4 aromatic heterocycles. The number of thiophene rings is 1. The van der Waals surface area contributed by atoms with E-state index in [9.17, 15) is 5.11 Å². The molecule has 4 heterocycles. The van der Waals surface area contributed by atoms with Crippen LogP contribution in [0.3, 0.4) is 0 Å². The molecule has 0 aliphatic heterocycles. The van der Waals surface area contributed by atoms with Crippen molar-refractivity contribution < 1.29 is 19.4 Å². The van der Waals surface area contributed by atoms with Gasteiger partial charge in [-0.05, 0) is 54.6 Å². The molecular weight excluding hydrogens is 452 g/mol. The first-order chi connectivity index (χ1) is 16.6. The van der Waals surface area contributed by atoms with Crippen molar-refractivity contribution in [2.24, 2.45) is 0 Å². The molecule has 9 heteroatoms. The third-order valence-corrected chi connectivity index (χ3v) is 7.25. The standard InChI is InChI=1S/C24H22N4O2S.CH2O2/c25-24-22-19(10-21(30-22)18-3-1-2-14-8-9-31-23(14)18)20(12-26-24)15-11-27-28(13-15)16-4-6-17(29)7-5-16;2-1-3/h1-3,8-13,16-17,29H,4-7H2,(H2,25,26);1H,(H,2,3). The van der Waals surface area contributed by atoms with Gasteiger partial charge in [0.1, 0.15) is 5.76 Å². The van der Waals surface area contributed by atoms with E-state index in [1.54, 1.807) is 17.5 Å². The second-order valence-electron chi connectivity index (χ2n) is 8.33. The Balaban J connectivity index is 0.000000764. The van der Waals surface area contributed by atoms with Crippen molar-refractivity contribution in [1.82, 2.24) is 14.8 Å². The van der Waals surface area contributed by atoms with Crippen LogP contribution in [0, 0.1) is 0 Å². The predicted molar refractivity (Wildman–Crippen MR) is 133 cm³/mol. The topological polar surface area (TPSA) is 127 Å². The third-order valence-electron chi connectivity index (χ3n) is 6.28. The fourth-order valence-electron chi connectivity index (χ4n) is 4.59. The number of fused-ring (bicyclic) bond motifs is 2. The minimum atomic E-state index is -0.250. The summed E-state index contributed by atoms with van der Waals surface area (Å²) in [7, 11) is 0. The summed E-state index contributed by atoms with van der Waals surface area (Å²) in [6.45, 7) is -0.250. The van der Waals surface area contributed by atoms with Crippen molar-refractivity contribution >= 4 is 44.7 Å². The first kappa shape index (κ1) is 22.1. The van der Waals surface area contributed by atoms with Crippen molar-refractivity contribution in [3.63, 3.8) is 0 Å². The predicted octanol–water partition coefficient (Wildman–Crippen LogP) is 5.33. The largest absolute Gasteiger partial charge is 0.483 e. The fourth-order valence-corrected chi connectivity index (χ4v) is 5.51. The van der Waals surface area contributed by atoms with Gasteiger partial charge in [0, 0.05) is 39.2 Å². The minimum absolute atomic E-state index is 0.177. The van der Waals surface area contributed by atoms with E-state index in [1.807, 2.05) is 16.9 Å². The average molecular weight is 477 g/mol. The lowest BCUT2D eigenvalue weighted by Gasteiger charge is -2.25. The van der Waals surface area contributed by atoms with Gasteiger partial charge in [-0.2, -0.15) is 5.10 Å². The number of aliphatic hydroxyl groups is 1. The Labute approximate surface area is 199 Å². The van der Waals surface area contributed by atoms with E-state index in [1.165, 1.54) is 10.1 Å². The summed E-state index contributed by atoms with van der Waals surface area (Å²) in [4.78, 5) is 12.8. The van der Waals surface area contributed by atoms with Gasteiger partial charge >= 0.3 is 0 Å². The molecule has 0 bridgehead atoms. The number of carboxylic acid groups (broad SMARTS) is 1. The van der Waals surface area contributed by atoms with Crippen LogP contribution in [0.5, 0.6) is 0 Å². The Bertz CT molecular complexity index is 1450. The zero-order valence-electron chi connectivity index (χ0n) is 18.3. The number of hydrogen-bond acceptors (Lipinski definition) is 7. The molecule has 0 radical (unpaired) electrons. The zero-order valence-corrected chi connectivity index (χ0v) is 19.1. The van der Waals surface area contributed by atoms with E-state index in [-0.39, 0.29) is 12.6 Å². The third kappa shape index (κ3) is 4.04. The quantitative estimate of drug-likeness (QED) is 0.300. The van der Waals surface area contributed by atoms with Crippen molar-refractivity contribution in [1.29, 1.82) is 0 Å². The normalized spacial score (nSPS) is 18.0. The number of nitrogen functional groups attached to an aromatic ring is 1. The van der Waals surface area contributed by atoms with Crippen LogP contribution in [0.1, 0.15) is 31.7 Å². The highest BCUT2D eigenvalue weighted by molar-refractivity contribution is 7.17. The molecule has 1 fully saturated rings. The Morgan fingerprint density at radius 2 is 1.94 bits per heavy atom. The molecule has 5 aromatic rings. The Kier molecular flexibility index (Phi) is 6.04. The van der Waals surface area contributed by atoms with Gasteiger partial charge in [0.25, 0.3) is 6.47 Å². The monoisotopic (exact) mass is 476 g/mol. The van der Waals surface area contributed by atoms with E-state index in [0.29, 0.717) is 17.4 Å². The van der Waals surface area contributed by atoms with Crippen molar-refractivity contribution in [3.8, 4) is 22.5 Å². The number of rotatable bonds is 3. The lowest BCUT2D eigenvalue weighted by atomic mass is 9.93. The van der Waals surface area contributed by atoms with Gasteiger partial charge in [-0.25, -0.2) is 4.98 Å². The number of hydrogen-bond donors (Lipinski definition) is 3. The van der Waals surface area contributed by atoms with Gasteiger partial charge < -0.3 is 20.4 Å². The smallest absolute Gasteiger partial charge is 0.290 e. The first-order valence-corrected chi connectivity index (χ1v) is 11.9. The van der Waals surface area contributed by atoms with Crippen LogP contribution in [0.15, 0.2) is 58.7 Å². The molecule has 174 valence electrons. The summed E-state index contributed by atoms with van der Waals surface area (Å²) in [5.41, 5.74) is 9.79. The Morgan fingerprint density at radius 1 is 1.15 bits per heavy atom. The first-order valence-electron chi connectivity index (χ1n) is 11.0. The van der Waals surface area contributed by atoms with Crippen molar-refractivity contribution in [2.45, 2.75) is 37.8 Å². The summed E-state index contributed by atoms with van der Waals surface area (Å²) in [5, 5.41) is 25.5. The van der Waals surface area contributed by atoms with E-state index >= 15 is 0 Å². The molecule has 1 saturated carbocycles. The lowest BCUT2D eigenvalue weighted by molar-refractivity contribution is -0.122. The highest BCUT2D eigenvalue weighted by atomic mass is 32.1.